The normalized spacial score (nSPS) is 15.5. The van der Waals surface area contributed by atoms with Gasteiger partial charge in [-0.05, 0) is 35.4 Å². The fourth-order valence-corrected chi connectivity index (χ4v) is 4.46. The zero-order valence-corrected chi connectivity index (χ0v) is 19.9. The molecule has 0 radical (unpaired) electrons. The lowest BCUT2D eigenvalue weighted by Gasteiger charge is -2.35. The van der Waals surface area contributed by atoms with Gasteiger partial charge in [0.05, 0.1) is 10.5 Å². The molecule has 38 heavy (non-hydrogen) atoms. The summed E-state index contributed by atoms with van der Waals surface area (Å²) in [6.45, 7) is 2.49. The molecule has 1 fully saturated rings. The largest absolute Gasteiger partial charge is 0.454 e. The first-order chi connectivity index (χ1) is 18.2. The molecule has 2 aliphatic rings. The molecular formula is C24H22F4N6O4. The summed E-state index contributed by atoms with van der Waals surface area (Å²) in [4.78, 5) is 23.3. The molecule has 14 heteroatoms. The average Bonchev–Trinajstić information content (AvgIpc) is 3.35. The van der Waals surface area contributed by atoms with Gasteiger partial charge in [-0.1, -0.05) is 12.1 Å². The van der Waals surface area contributed by atoms with Gasteiger partial charge in [-0.2, -0.15) is 13.2 Å². The number of rotatable bonds is 7. The van der Waals surface area contributed by atoms with Crippen molar-refractivity contribution >= 4 is 17.3 Å². The van der Waals surface area contributed by atoms with Gasteiger partial charge in [0.15, 0.2) is 11.5 Å². The number of fused-ring (bicyclic) bond motifs is 1. The number of nitrogens with one attached hydrogen (secondary N) is 1. The van der Waals surface area contributed by atoms with Crippen molar-refractivity contribution in [1.82, 2.24) is 14.9 Å². The Balaban J connectivity index is 1.28. The quantitative estimate of drug-likeness (QED) is 0.271. The lowest BCUT2D eigenvalue weighted by atomic mass is 10.1. The number of ether oxygens (including phenoxy) is 2. The molecule has 2 aliphatic heterocycles. The second kappa shape index (κ2) is 10.3. The van der Waals surface area contributed by atoms with E-state index in [1.54, 1.807) is 4.90 Å². The molecule has 0 unspecified atom stereocenters. The number of alkyl halides is 3. The molecular weight excluding hydrogens is 512 g/mol. The molecule has 10 nitrogen and oxygen atoms in total. The Hall–Kier alpha value is -4.20. The molecule has 200 valence electrons. The van der Waals surface area contributed by atoms with Crippen LogP contribution in [0.1, 0.15) is 16.7 Å². The summed E-state index contributed by atoms with van der Waals surface area (Å²) >= 11 is 0. The Morgan fingerprint density at radius 1 is 1.03 bits per heavy atom. The van der Waals surface area contributed by atoms with Gasteiger partial charge < -0.3 is 19.7 Å². The van der Waals surface area contributed by atoms with Crippen LogP contribution in [0.15, 0.2) is 42.7 Å². The second-order valence-electron chi connectivity index (χ2n) is 8.76. The van der Waals surface area contributed by atoms with Gasteiger partial charge >= 0.3 is 11.9 Å². The molecule has 0 saturated carbocycles. The first-order valence-electron chi connectivity index (χ1n) is 11.6. The summed E-state index contributed by atoms with van der Waals surface area (Å²) in [5.41, 5.74) is -0.834. The number of piperazine rings is 1. The minimum absolute atomic E-state index is 0.0744. The highest BCUT2D eigenvalue weighted by Crippen LogP contribution is 2.36. The van der Waals surface area contributed by atoms with Gasteiger partial charge in [0, 0.05) is 39.3 Å². The van der Waals surface area contributed by atoms with E-state index in [-0.39, 0.29) is 24.0 Å². The molecule has 1 N–H and O–H groups in total. The van der Waals surface area contributed by atoms with Crippen LogP contribution < -0.4 is 19.7 Å². The summed E-state index contributed by atoms with van der Waals surface area (Å²) in [6, 6.07) is 8.01. The number of halogens is 4. The molecule has 0 amide bonds. The summed E-state index contributed by atoms with van der Waals surface area (Å²) < 4.78 is 64.2. The van der Waals surface area contributed by atoms with Crippen LogP contribution >= 0.6 is 0 Å². The van der Waals surface area contributed by atoms with Crippen LogP contribution in [0, 0.1) is 15.9 Å². The smallest absolute Gasteiger partial charge is 0.416 e. The minimum atomic E-state index is -4.79. The number of aromatic nitrogens is 2. The van der Waals surface area contributed by atoms with Crippen molar-refractivity contribution in [1.29, 1.82) is 0 Å². The maximum absolute atomic E-state index is 13.4. The SMILES string of the molecule is O=[N+]([O-])c1c(NCc2ccc(F)cc2C(F)(F)F)ncnc1N1CCN(Cc2ccc3c(c2)OCO3)CC1. The van der Waals surface area contributed by atoms with Crippen molar-refractivity contribution in [2.75, 3.05) is 43.2 Å². The molecule has 0 atom stereocenters. The first-order valence-corrected chi connectivity index (χ1v) is 11.6. The molecule has 0 aliphatic carbocycles. The van der Waals surface area contributed by atoms with E-state index in [9.17, 15) is 27.7 Å². The number of hydrogen-bond donors (Lipinski definition) is 1. The van der Waals surface area contributed by atoms with E-state index in [1.165, 1.54) is 0 Å². The molecule has 0 spiro atoms. The van der Waals surface area contributed by atoms with E-state index in [2.05, 4.69) is 20.2 Å². The van der Waals surface area contributed by atoms with Crippen LogP contribution in [-0.4, -0.2) is 52.8 Å². The monoisotopic (exact) mass is 534 g/mol. The molecule has 5 rings (SSSR count). The molecule has 1 aromatic heterocycles. The Morgan fingerprint density at radius 3 is 2.53 bits per heavy atom. The fraction of sp³-hybridized carbons (Fsp3) is 0.333. The van der Waals surface area contributed by atoms with Crippen LogP contribution in [-0.2, 0) is 19.3 Å². The predicted octanol–water partition coefficient (Wildman–Crippen LogP) is 4.21. The number of hydrogen-bond acceptors (Lipinski definition) is 9. The van der Waals surface area contributed by atoms with Gasteiger partial charge in [0.1, 0.15) is 12.1 Å². The van der Waals surface area contributed by atoms with E-state index in [0.717, 1.165) is 24.0 Å². The third-order valence-electron chi connectivity index (χ3n) is 6.32. The second-order valence-corrected chi connectivity index (χ2v) is 8.76. The highest BCUT2D eigenvalue weighted by atomic mass is 19.4. The maximum Gasteiger partial charge on any atom is 0.416 e. The van der Waals surface area contributed by atoms with Gasteiger partial charge in [-0.15, -0.1) is 0 Å². The highest BCUT2D eigenvalue weighted by molar-refractivity contribution is 5.70. The van der Waals surface area contributed by atoms with Crippen LogP contribution in [0.4, 0.5) is 34.9 Å². The van der Waals surface area contributed by atoms with Crippen LogP contribution in [0.3, 0.4) is 0 Å². The lowest BCUT2D eigenvalue weighted by molar-refractivity contribution is -0.383. The first kappa shape index (κ1) is 25.4. The molecule has 0 bridgehead atoms. The van der Waals surface area contributed by atoms with Gasteiger partial charge in [-0.3, -0.25) is 15.0 Å². The summed E-state index contributed by atoms with van der Waals surface area (Å²) in [6.07, 6.45) is -3.67. The predicted molar refractivity (Wildman–Crippen MR) is 127 cm³/mol. The number of anilines is 2. The van der Waals surface area contributed by atoms with Crippen LogP contribution in [0.2, 0.25) is 0 Å². The van der Waals surface area contributed by atoms with Crippen LogP contribution in [0.5, 0.6) is 11.5 Å². The van der Waals surface area contributed by atoms with E-state index in [0.29, 0.717) is 50.3 Å². The molecule has 1 saturated heterocycles. The average molecular weight is 534 g/mol. The number of benzene rings is 2. The third-order valence-corrected chi connectivity index (χ3v) is 6.32. The van der Waals surface area contributed by atoms with Crippen molar-refractivity contribution in [3.63, 3.8) is 0 Å². The zero-order chi connectivity index (χ0) is 26.9. The fourth-order valence-electron chi connectivity index (χ4n) is 4.46. The van der Waals surface area contributed by atoms with Crippen molar-refractivity contribution in [3.05, 3.63) is 75.3 Å². The van der Waals surface area contributed by atoms with E-state index in [4.69, 9.17) is 9.47 Å². The Kier molecular flexibility index (Phi) is 6.89. The molecule has 3 heterocycles. The summed E-state index contributed by atoms with van der Waals surface area (Å²) in [5, 5.41) is 14.6. The topological polar surface area (TPSA) is 106 Å². The summed E-state index contributed by atoms with van der Waals surface area (Å²) in [5.74, 6) is 0.216. The number of nitrogens with zero attached hydrogens (tertiary/aromatic N) is 5. The van der Waals surface area contributed by atoms with E-state index < -0.39 is 34.7 Å². The van der Waals surface area contributed by atoms with Gasteiger partial charge in [0.2, 0.25) is 18.4 Å². The van der Waals surface area contributed by atoms with Crippen molar-refractivity contribution in [3.8, 4) is 11.5 Å². The highest BCUT2D eigenvalue weighted by Gasteiger charge is 2.34. The Morgan fingerprint density at radius 2 is 1.79 bits per heavy atom. The zero-order valence-electron chi connectivity index (χ0n) is 19.9. The van der Waals surface area contributed by atoms with E-state index >= 15 is 0 Å². The molecule has 2 aromatic carbocycles. The maximum atomic E-state index is 13.4. The van der Waals surface area contributed by atoms with Crippen molar-refractivity contribution in [2.45, 2.75) is 19.3 Å². The Labute approximate surface area is 214 Å². The van der Waals surface area contributed by atoms with E-state index in [1.807, 2.05) is 18.2 Å². The van der Waals surface area contributed by atoms with Gasteiger partial charge in [0.25, 0.3) is 0 Å². The van der Waals surface area contributed by atoms with Gasteiger partial charge in [-0.25, -0.2) is 14.4 Å². The summed E-state index contributed by atoms with van der Waals surface area (Å²) in [7, 11) is 0. The van der Waals surface area contributed by atoms with Crippen molar-refractivity contribution < 1.29 is 32.0 Å². The standard InChI is InChI=1S/C24H22F4N6O4/c25-17-3-2-16(18(10-17)24(26,27)28)11-29-22-21(34(35)36)23(31-13-30-22)33-7-5-32(6-8-33)12-15-1-4-19-20(9-15)38-14-37-19/h1-4,9-10,13H,5-8,11-12,14H2,(H,29,30,31). The minimum Gasteiger partial charge on any atom is -0.454 e. The molecule has 3 aromatic rings. The Bertz CT molecular complexity index is 1350. The van der Waals surface area contributed by atoms with Crippen LogP contribution in [0.25, 0.3) is 0 Å². The number of nitro groups is 1. The van der Waals surface area contributed by atoms with Crippen molar-refractivity contribution in [2.24, 2.45) is 0 Å². The lowest BCUT2D eigenvalue weighted by Crippen LogP contribution is -2.46. The third kappa shape index (κ3) is 5.39.